The zero-order chi connectivity index (χ0) is 21.9. The second-order valence-corrected chi connectivity index (χ2v) is 8.10. The van der Waals surface area contributed by atoms with Crippen LogP contribution in [-0.4, -0.2) is 66.1 Å². The molecule has 1 atom stereocenters. The van der Waals surface area contributed by atoms with E-state index in [1.165, 1.54) is 36.8 Å². The van der Waals surface area contributed by atoms with Crippen LogP contribution in [0, 0.1) is 16.0 Å². The summed E-state index contributed by atoms with van der Waals surface area (Å²) in [7, 11) is 0. The van der Waals surface area contributed by atoms with E-state index >= 15 is 0 Å². The Hall–Kier alpha value is -2.52. The van der Waals surface area contributed by atoms with E-state index in [4.69, 9.17) is 4.42 Å². The van der Waals surface area contributed by atoms with Crippen molar-refractivity contribution in [1.29, 1.82) is 0 Å². The molecule has 1 amide bonds. The number of nitro groups is 1. The van der Waals surface area contributed by atoms with Gasteiger partial charge in [-0.2, -0.15) is 5.10 Å². The van der Waals surface area contributed by atoms with Crippen LogP contribution in [0.5, 0.6) is 0 Å². The van der Waals surface area contributed by atoms with Gasteiger partial charge >= 0.3 is 5.88 Å². The molecule has 0 radical (unpaired) electrons. The lowest BCUT2D eigenvalue weighted by molar-refractivity contribution is -0.402. The van der Waals surface area contributed by atoms with Crippen LogP contribution in [0.25, 0.3) is 0 Å². The predicted octanol–water partition coefficient (Wildman–Crippen LogP) is 3.03. The summed E-state index contributed by atoms with van der Waals surface area (Å²) in [5.74, 6) is 0.361. The molecule has 1 aliphatic rings. The second-order valence-electron chi connectivity index (χ2n) is 8.10. The zero-order valence-corrected chi connectivity index (χ0v) is 18.2. The molecule has 0 bridgehead atoms. The predicted molar refractivity (Wildman–Crippen MR) is 116 cm³/mol. The Morgan fingerprint density at radius 1 is 1.27 bits per heavy atom. The Morgan fingerprint density at radius 3 is 2.60 bits per heavy atom. The van der Waals surface area contributed by atoms with E-state index in [0.29, 0.717) is 0 Å². The van der Waals surface area contributed by atoms with Gasteiger partial charge in [-0.3, -0.25) is 19.8 Å². The van der Waals surface area contributed by atoms with Gasteiger partial charge in [0.2, 0.25) is 0 Å². The average molecular weight is 420 g/mol. The number of piperazine rings is 1. The maximum atomic E-state index is 12.0. The number of carbonyl (C=O) groups excluding carboxylic acids is 1. The van der Waals surface area contributed by atoms with Gasteiger partial charge in [0.25, 0.3) is 5.91 Å². The molecule has 1 saturated heterocycles. The monoisotopic (exact) mass is 419 g/mol. The first-order valence-corrected chi connectivity index (χ1v) is 10.5. The van der Waals surface area contributed by atoms with Gasteiger partial charge in [-0.1, -0.05) is 18.6 Å². The molecule has 9 nitrogen and oxygen atoms in total. The molecule has 1 aliphatic heterocycles. The molecule has 30 heavy (non-hydrogen) atoms. The van der Waals surface area contributed by atoms with E-state index in [0.717, 1.165) is 45.1 Å². The Bertz CT molecular complexity index is 746. The van der Waals surface area contributed by atoms with Gasteiger partial charge < -0.3 is 9.32 Å². The van der Waals surface area contributed by atoms with Gasteiger partial charge in [-0.15, -0.1) is 0 Å². The molecule has 0 spiro atoms. The Kier molecular flexibility index (Phi) is 9.69. The van der Waals surface area contributed by atoms with Gasteiger partial charge in [-0.05, 0) is 51.6 Å². The van der Waals surface area contributed by atoms with Crippen LogP contribution >= 0.6 is 0 Å². The minimum atomic E-state index is -0.624. The van der Waals surface area contributed by atoms with Crippen molar-refractivity contribution in [2.45, 2.75) is 40.0 Å². The minimum Gasteiger partial charge on any atom is -0.400 e. The number of furan rings is 1. The Morgan fingerprint density at radius 2 is 1.97 bits per heavy atom. The van der Waals surface area contributed by atoms with Gasteiger partial charge in [-0.25, -0.2) is 5.43 Å². The molecule has 1 aromatic heterocycles. The van der Waals surface area contributed by atoms with Crippen molar-refractivity contribution < 1.29 is 14.1 Å². The molecule has 1 unspecified atom stereocenters. The molecule has 1 fully saturated rings. The summed E-state index contributed by atoms with van der Waals surface area (Å²) < 4.78 is 4.94. The smallest absolute Gasteiger partial charge is 0.400 e. The lowest BCUT2D eigenvalue weighted by Gasteiger charge is -2.34. The highest BCUT2D eigenvalue weighted by Crippen LogP contribution is 2.14. The van der Waals surface area contributed by atoms with Crippen LogP contribution in [0.15, 0.2) is 33.3 Å². The number of hydrogen-bond donors (Lipinski definition) is 1. The summed E-state index contributed by atoms with van der Waals surface area (Å²) in [6.07, 6.45) is 7.16. The van der Waals surface area contributed by atoms with Crippen LogP contribution < -0.4 is 5.43 Å². The van der Waals surface area contributed by atoms with E-state index in [9.17, 15) is 14.9 Å². The first-order chi connectivity index (χ1) is 14.3. The largest absolute Gasteiger partial charge is 0.433 e. The number of allylic oxidation sites excluding steroid dienone is 2. The second kappa shape index (κ2) is 12.2. The van der Waals surface area contributed by atoms with Gasteiger partial charge in [0, 0.05) is 26.2 Å². The van der Waals surface area contributed by atoms with Crippen molar-refractivity contribution in [2.24, 2.45) is 11.0 Å². The van der Waals surface area contributed by atoms with Gasteiger partial charge in [0.05, 0.1) is 18.8 Å². The highest BCUT2D eigenvalue weighted by molar-refractivity contribution is 5.81. The molecule has 166 valence electrons. The lowest BCUT2D eigenvalue weighted by Crippen LogP contribution is -2.49. The fourth-order valence-corrected chi connectivity index (χ4v) is 3.29. The quantitative estimate of drug-likeness (QED) is 0.256. The molecule has 0 saturated carbocycles. The third kappa shape index (κ3) is 8.87. The van der Waals surface area contributed by atoms with E-state index in [2.05, 4.69) is 47.2 Å². The Balaban J connectivity index is 1.60. The summed E-state index contributed by atoms with van der Waals surface area (Å²) in [6.45, 7) is 11.6. The van der Waals surface area contributed by atoms with Crippen LogP contribution in [-0.2, 0) is 4.79 Å². The molecule has 0 aliphatic carbocycles. The van der Waals surface area contributed by atoms with E-state index < -0.39 is 4.92 Å². The molecule has 9 heteroatoms. The number of hydrazone groups is 1. The Labute approximate surface area is 177 Å². The van der Waals surface area contributed by atoms with Gasteiger partial charge in [0.15, 0.2) is 5.76 Å². The van der Waals surface area contributed by atoms with E-state index in [1.54, 1.807) is 0 Å². The number of amides is 1. The standard InChI is InChI=1S/C21H33N5O4/c1-17(2)5-4-6-18(3)9-10-24-11-13-25(14-12-24)16-20(27)23-22-15-19-7-8-21(30-19)26(28)29/h5,7-8,15,18H,4,6,9-14,16H2,1-3H3,(H,23,27). The topological polar surface area (TPSA) is 104 Å². The number of carbonyl (C=O) groups is 1. The summed E-state index contributed by atoms with van der Waals surface area (Å²) in [6, 6.07) is 2.67. The summed E-state index contributed by atoms with van der Waals surface area (Å²) in [5.41, 5.74) is 3.82. The molecule has 2 heterocycles. The highest BCUT2D eigenvalue weighted by Gasteiger charge is 2.19. The average Bonchev–Trinajstić information content (AvgIpc) is 3.16. The molecule has 1 aromatic rings. The zero-order valence-electron chi connectivity index (χ0n) is 18.2. The first-order valence-electron chi connectivity index (χ1n) is 10.5. The van der Waals surface area contributed by atoms with Crippen LogP contribution in [0.3, 0.4) is 0 Å². The lowest BCUT2D eigenvalue weighted by atomic mass is 10.0. The number of nitrogens with zero attached hydrogens (tertiary/aromatic N) is 4. The molecular formula is C21H33N5O4. The van der Waals surface area contributed by atoms with E-state index in [1.807, 2.05) is 0 Å². The summed E-state index contributed by atoms with van der Waals surface area (Å²) in [5, 5.41) is 14.4. The van der Waals surface area contributed by atoms with Crippen molar-refractivity contribution in [3.63, 3.8) is 0 Å². The summed E-state index contributed by atoms with van der Waals surface area (Å²) >= 11 is 0. The van der Waals surface area contributed by atoms with Crippen LogP contribution in [0.4, 0.5) is 5.88 Å². The van der Waals surface area contributed by atoms with Crippen molar-refractivity contribution in [3.8, 4) is 0 Å². The third-order valence-corrected chi connectivity index (χ3v) is 5.16. The van der Waals surface area contributed by atoms with Crippen molar-refractivity contribution in [2.75, 3.05) is 39.3 Å². The van der Waals surface area contributed by atoms with Crippen molar-refractivity contribution in [3.05, 3.63) is 39.7 Å². The third-order valence-electron chi connectivity index (χ3n) is 5.16. The number of hydrogen-bond acceptors (Lipinski definition) is 7. The maximum absolute atomic E-state index is 12.0. The highest BCUT2D eigenvalue weighted by atomic mass is 16.6. The van der Waals surface area contributed by atoms with Crippen LogP contribution in [0.2, 0.25) is 0 Å². The normalized spacial score (nSPS) is 16.5. The molecule has 0 aromatic carbocycles. The maximum Gasteiger partial charge on any atom is 0.433 e. The number of rotatable bonds is 11. The van der Waals surface area contributed by atoms with Crippen molar-refractivity contribution >= 4 is 18.0 Å². The first kappa shape index (κ1) is 23.8. The van der Waals surface area contributed by atoms with Gasteiger partial charge in [0.1, 0.15) is 4.92 Å². The summed E-state index contributed by atoms with van der Waals surface area (Å²) in [4.78, 5) is 26.6. The van der Waals surface area contributed by atoms with Crippen LogP contribution in [0.1, 0.15) is 45.8 Å². The fraction of sp³-hybridized carbons (Fsp3) is 0.619. The SMILES string of the molecule is CC(C)=CCCC(C)CCN1CCN(CC(=O)NN=Cc2ccc([N+](=O)[O-])o2)CC1. The minimum absolute atomic E-state index is 0.214. The molecule has 2 rings (SSSR count). The molecular weight excluding hydrogens is 386 g/mol. The van der Waals surface area contributed by atoms with Crippen molar-refractivity contribution in [1.82, 2.24) is 15.2 Å². The molecule has 1 N–H and O–H groups in total. The number of nitrogens with one attached hydrogen (secondary N) is 1. The fourth-order valence-electron chi connectivity index (χ4n) is 3.29. The van der Waals surface area contributed by atoms with E-state index in [-0.39, 0.29) is 24.1 Å².